The molecule has 0 radical (unpaired) electrons. The van der Waals surface area contributed by atoms with Crippen LogP contribution in [0.5, 0.6) is 5.75 Å². The zero-order valence-electron chi connectivity index (χ0n) is 17.9. The van der Waals surface area contributed by atoms with Gasteiger partial charge in [0.15, 0.2) is 5.75 Å². The molecule has 0 aromatic carbocycles. The fourth-order valence-electron chi connectivity index (χ4n) is 3.69. The molecule has 8 heteroatoms. The predicted molar refractivity (Wildman–Crippen MR) is 112 cm³/mol. The van der Waals surface area contributed by atoms with Crippen LogP contribution in [0.4, 0.5) is 4.79 Å². The number of ether oxygens (including phenoxy) is 2. The van der Waals surface area contributed by atoms with Crippen LogP contribution in [0.25, 0.3) is 11.0 Å². The van der Waals surface area contributed by atoms with E-state index in [4.69, 9.17) is 9.47 Å². The maximum Gasteiger partial charge on any atom is 0.407 e. The summed E-state index contributed by atoms with van der Waals surface area (Å²) >= 11 is 0. The summed E-state index contributed by atoms with van der Waals surface area (Å²) in [5, 5.41) is 12.4. The van der Waals surface area contributed by atoms with E-state index < -0.39 is 5.60 Å². The molecule has 3 rings (SSSR count). The van der Waals surface area contributed by atoms with Crippen molar-refractivity contribution in [2.75, 3.05) is 6.61 Å². The molecule has 1 fully saturated rings. The van der Waals surface area contributed by atoms with Gasteiger partial charge in [0, 0.05) is 25.4 Å². The highest BCUT2D eigenvalue weighted by Gasteiger charge is 2.25. The number of carbonyl (C=O) groups excluding carboxylic acids is 1. The lowest BCUT2D eigenvalue weighted by Gasteiger charge is -2.30. The van der Waals surface area contributed by atoms with E-state index in [1.54, 1.807) is 13.1 Å². The summed E-state index contributed by atoms with van der Waals surface area (Å²) < 4.78 is 12.8. The molecule has 30 heavy (non-hydrogen) atoms. The smallest absolute Gasteiger partial charge is 0.407 e. The summed E-state index contributed by atoms with van der Waals surface area (Å²) in [7, 11) is 1.65. The van der Waals surface area contributed by atoms with Gasteiger partial charge in [0.1, 0.15) is 22.8 Å². The first kappa shape index (κ1) is 21.6. The second-order valence-electron chi connectivity index (χ2n) is 8.75. The van der Waals surface area contributed by atoms with Crippen LogP contribution in [0.3, 0.4) is 0 Å². The van der Waals surface area contributed by atoms with Crippen molar-refractivity contribution in [3.8, 4) is 11.8 Å². The molecule has 0 spiro atoms. The van der Waals surface area contributed by atoms with E-state index in [1.807, 2.05) is 20.8 Å². The number of nitriles is 1. The van der Waals surface area contributed by atoms with E-state index >= 15 is 0 Å². The molecule has 2 aromatic rings. The quantitative estimate of drug-likeness (QED) is 0.826. The summed E-state index contributed by atoms with van der Waals surface area (Å²) in [6.07, 6.45) is 4.56. The van der Waals surface area contributed by atoms with Crippen LogP contribution < -0.4 is 15.6 Å². The first-order chi connectivity index (χ1) is 14.2. The lowest BCUT2D eigenvalue weighted by atomic mass is 9.86. The minimum atomic E-state index is -0.513. The van der Waals surface area contributed by atoms with E-state index in [2.05, 4.69) is 16.4 Å². The standard InChI is InChI=1S/C22H28N4O4/c1-22(2,3)30-21(28)25-16-7-5-14(6-8-16)13-29-20-15(11-23)12-24-17-9-10-18(27)26(4)19(17)20/h9-10,12,14,16H,5-8,13H2,1-4H3,(H,25,28). The Morgan fingerprint density at radius 2 is 2.00 bits per heavy atom. The normalized spacial score (nSPS) is 19.2. The van der Waals surface area contributed by atoms with Crippen molar-refractivity contribution in [3.63, 3.8) is 0 Å². The summed E-state index contributed by atoms with van der Waals surface area (Å²) in [5.74, 6) is 0.703. The number of rotatable bonds is 4. The van der Waals surface area contributed by atoms with Gasteiger partial charge in [-0.2, -0.15) is 5.26 Å². The highest BCUT2D eigenvalue weighted by atomic mass is 16.6. The minimum absolute atomic E-state index is 0.0911. The number of pyridine rings is 2. The van der Waals surface area contributed by atoms with Gasteiger partial charge in [-0.25, -0.2) is 4.79 Å². The van der Waals surface area contributed by atoms with Crippen molar-refractivity contribution in [1.82, 2.24) is 14.9 Å². The molecule has 2 heterocycles. The first-order valence-corrected chi connectivity index (χ1v) is 10.2. The van der Waals surface area contributed by atoms with Crippen molar-refractivity contribution in [1.29, 1.82) is 5.26 Å². The van der Waals surface area contributed by atoms with Crippen molar-refractivity contribution in [2.24, 2.45) is 13.0 Å². The topological polar surface area (TPSA) is 106 Å². The van der Waals surface area contributed by atoms with Gasteiger partial charge in [0.05, 0.1) is 12.1 Å². The lowest BCUT2D eigenvalue weighted by Crippen LogP contribution is -2.41. The second kappa shape index (κ2) is 8.74. The third-order valence-corrected chi connectivity index (χ3v) is 5.24. The maximum absolute atomic E-state index is 12.1. The van der Waals surface area contributed by atoms with Crippen LogP contribution >= 0.6 is 0 Å². The van der Waals surface area contributed by atoms with Crippen LogP contribution in [0, 0.1) is 17.2 Å². The third kappa shape index (κ3) is 5.09. The van der Waals surface area contributed by atoms with Crippen LogP contribution in [0.15, 0.2) is 23.1 Å². The van der Waals surface area contributed by atoms with Gasteiger partial charge in [0.2, 0.25) is 0 Å². The van der Waals surface area contributed by atoms with Gasteiger partial charge in [-0.1, -0.05) is 0 Å². The monoisotopic (exact) mass is 412 g/mol. The molecule has 1 saturated carbocycles. The molecule has 8 nitrogen and oxygen atoms in total. The Morgan fingerprint density at radius 3 is 2.63 bits per heavy atom. The summed E-state index contributed by atoms with van der Waals surface area (Å²) in [6.45, 7) is 5.97. The number of aryl methyl sites for hydroxylation is 1. The Bertz CT molecular complexity index is 1020. The van der Waals surface area contributed by atoms with Gasteiger partial charge in [-0.3, -0.25) is 9.78 Å². The zero-order chi connectivity index (χ0) is 21.9. The highest BCUT2D eigenvalue weighted by molar-refractivity contribution is 5.83. The third-order valence-electron chi connectivity index (χ3n) is 5.24. The van der Waals surface area contributed by atoms with Gasteiger partial charge in [-0.05, 0) is 58.4 Å². The molecule has 0 saturated heterocycles. The lowest BCUT2D eigenvalue weighted by molar-refractivity contribution is 0.0483. The number of hydrogen-bond acceptors (Lipinski definition) is 6. The Labute approximate surface area is 175 Å². The highest BCUT2D eigenvalue weighted by Crippen LogP contribution is 2.30. The van der Waals surface area contributed by atoms with Crippen molar-refractivity contribution in [2.45, 2.75) is 58.1 Å². The van der Waals surface area contributed by atoms with E-state index in [-0.39, 0.29) is 17.7 Å². The maximum atomic E-state index is 12.1. The minimum Gasteiger partial charge on any atom is -0.490 e. The molecule has 0 unspecified atom stereocenters. The molecular weight excluding hydrogens is 384 g/mol. The van der Waals surface area contributed by atoms with Crippen LogP contribution in [-0.4, -0.2) is 33.9 Å². The van der Waals surface area contributed by atoms with E-state index in [9.17, 15) is 14.9 Å². The van der Waals surface area contributed by atoms with Crippen molar-refractivity contribution < 1.29 is 14.3 Å². The fraction of sp³-hybridized carbons (Fsp3) is 0.545. The fourth-order valence-corrected chi connectivity index (χ4v) is 3.69. The SMILES string of the molecule is Cn1c(=O)ccc2ncc(C#N)c(OCC3CCC(NC(=O)OC(C)(C)C)CC3)c21. The zero-order valence-corrected chi connectivity index (χ0v) is 17.9. The van der Waals surface area contributed by atoms with Crippen LogP contribution in [0.2, 0.25) is 0 Å². The summed E-state index contributed by atoms with van der Waals surface area (Å²) in [6, 6.07) is 5.28. The van der Waals surface area contributed by atoms with Crippen LogP contribution in [0.1, 0.15) is 52.0 Å². The molecule has 0 atom stereocenters. The molecule has 1 N–H and O–H groups in total. The molecule has 2 aromatic heterocycles. The second-order valence-corrected chi connectivity index (χ2v) is 8.75. The Kier molecular flexibility index (Phi) is 6.30. The number of alkyl carbamates (subject to hydrolysis) is 1. The van der Waals surface area contributed by atoms with Gasteiger partial charge >= 0.3 is 6.09 Å². The number of nitrogens with one attached hydrogen (secondary N) is 1. The van der Waals surface area contributed by atoms with Gasteiger partial charge in [0.25, 0.3) is 5.56 Å². The molecular formula is C22H28N4O4. The summed E-state index contributed by atoms with van der Waals surface area (Å²) in [4.78, 5) is 28.3. The Morgan fingerprint density at radius 1 is 1.30 bits per heavy atom. The number of nitrogens with zero attached hydrogens (tertiary/aromatic N) is 3. The largest absolute Gasteiger partial charge is 0.490 e. The molecule has 1 aliphatic carbocycles. The molecule has 1 amide bonds. The predicted octanol–water partition coefficient (Wildman–Crippen LogP) is 3.27. The number of fused-ring (bicyclic) bond motifs is 1. The van der Waals surface area contributed by atoms with Crippen molar-refractivity contribution >= 4 is 17.1 Å². The first-order valence-electron chi connectivity index (χ1n) is 10.2. The average molecular weight is 412 g/mol. The number of amides is 1. The molecule has 1 aliphatic rings. The van der Waals surface area contributed by atoms with Gasteiger partial charge < -0.3 is 19.4 Å². The Hall–Kier alpha value is -3.08. The summed E-state index contributed by atoms with van der Waals surface area (Å²) in [5.41, 5.74) is 0.751. The van der Waals surface area contributed by atoms with E-state index in [0.717, 1.165) is 25.7 Å². The number of carbonyl (C=O) groups is 1. The van der Waals surface area contributed by atoms with E-state index in [0.29, 0.717) is 34.9 Å². The number of aromatic nitrogens is 2. The Balaban J connectivity index is 1.63. The molecule has 0 aliphatic heterocycles. The van der Waals surface area contributed by atoms with Crippen LogP contribution in [-0.2, 0) is 11.8 Å². The number of hydrogen-bond donors (Lipinski definition) is 1. The van der Waals surface area contributed by atoms with E-state index in [1.165, 1.54) is 16.8 Å². The molecule has 0 bridgehead atoms. The average Bonchev–Trinajstić information content (AvgIpc) is 2.68. The molecule has 160 valence electrons. The van der Waals surface area contributed by atoms with Crippen molar-refractivity contribution in [3.05, 3.63) is 34.2 Å². The van der Waals surface area contributed by atoms with Gasteiger partial charge in [-0.15, -0.1) is 0 Å².